The summed E-state index contributed by atoms with van der Waals surface area (Å²) in [6.45, 7) is 1.67. The second kappa shape index (κ2) is 8.39. The highest BCUT2D eigenvalue weighted by Gasteiger charge is 2.49. The summed E-state index contributed by atoms with van der Waals surface area (Å²) in [5, 5.41) is 15.5. The van der Waals surface area contributed by atoms with Crippen molar-refractivity contribution in [3.63, 3.8) is 0 Å². The van der Waals surface area contributed by atoms with Gasteiger partial charge in [0.1, 0.15) is 17.6 Å². The molecule has 9 heteroatoms. The summed E-state index contributed by atoms with van der Waals surface area (Å²) < 4.78 is 16.1. The van der Waals surface area contributed by atoms with Crippen molar-refractivity contribution in [3.8, 4) is 11.5 Å². The van der Waals surface area contributed by atoms with Crippen molar-refractivity contribution in [2.24, 2.45) is 0 Å². The average Bonchev–Trinajstić information content (AvgIpc) is 3.33. The predicted molar refractivity (Wildman–Crippen MR) is 117 cm³/mol. The highest BCUT2D eigenvalue weighted by Crippen LogP contribution is 2.47. The van der Waals surface area contributed by atoms with E-state index in [2.05, 4.69) is 5.16 Å². The summed E-state index contributed by atoms with van der Waals surface area (Å²) in [6.07, 6.45) is 0. The maximum Gasteiger partial charge on any atom is 0.301 e. The predicted octanol–water partition coefficient (Wildman–Crippen LogP) is 4.28. The van der Waals surface area contributed by atoms with Gasteiger partial charge in [0.15, 0.2) is 17.3 Å². The van der Waals surface area contributed by atoms with Gasteiger partial charge in [-0.3, -0.25) is 14.5 Å². The number of rotatable bonds is 5. The lowest BCUT2D eigenvalue weighted by molar-refractivity contribution is -0.132. The van der Waals surface area contributed by atoms with Gasteiger partial charge in [-0.1, -0.05) is 28.9 Å². The number of halogens is 1. The molecule has 3 aromatic rings. The van der Waals surface area contributed by atoms with Gasteiger partial charge in [0.05, 0.1) is 19.8 Å². The molecule has 1 unspecified atom stereocenters. The fourth-order valence-electron chi connectivity index (χ4n) is 3.72. The molecule has 1 atom stereocenters. The molecule has 0 radical (unpaired) electrons. The van der Waals surface area contributed by atoms with Crippen LogP contribution in [-0.4, -0.2) is 36.2 Å². The summed E-state index contributed by atoms with van der Waals surface area (Å²) in [6, 6.07) is 11.8. The molecule has 1 aliphatic heterocycles. The molecule has 4 rings (SSSR count). The molecule has 2 heterocycles. The molecule has 1 aliphatic rings. The zero-order valence-electron chi connectivity index (χ0n) is 17.5. The Kier molecular flexibility index (Phi) is 5.63. The van der Waals surface area contributed by atoms with E-state index in [0.29, 0.717) is 33.4 Å². The van der Waals surface area contributed by atoms with Gasteiger partial charge >= 0.3 is 5.91 Å². The Labute approximate surface area is 188 Å². The third-order valence-corrected chi connectivity index (χ3v) is 5.40. The number of nitrogens with zero attached hydrogens (tertiary/aromatic N) is 2. The van der Waals surface area contributed by atoms with E-state index in [4.69, 9.17) is 25.6 Å². The number of hydrogen-bond donors (Lipinski definition) is 1. The zero-order valence-corrected chi connectivity index (χ0v) is 18.2. The van der Waals surface area contributed by atoms with Crippen LogP contribution in [0.1, 0.15) is 22.9 Å². The van der Waals surface area contributed by atoms with E-state index in [1.807, 2.05) is 0 Å². The van der Waals surface area contributed by atoms with Gasteiger partial charge in [-0.25, -0.2) is 0 Å². The molecule has 0 bridgehead atoms. The molecule has 32 heavy (non-hydrogen) atoms. The molecule has 0 spiro atoms. The third-order valence-electron chi connectivity index (χ3n) is 5.15. The lowest BCUT2D eigenvalue weighted by atomic mass is 9.94. The maximum absolute atomic E-state index is 13.1. The number of aromatic nitrogens is 1. The molecular formula is C23H19ClN2O6. The van der Waals surface area contributed by atoms with Crippen molar-refractivity contribution in [3.05, 3.63) is 76.0 Å². The standard InChI is InChI=1S/C23H19ClN2O6/c1-12-11-17(25-32-12)26-19(15-5-4-6-16(30-2)22(15)31-3)18(21(28)23(26)29)20(27)13-7-9-14(24)10-8-13/h4-11,19,27H,1-3H3. The Hall–Kier alpha value is -3.78. The molecule has 164 valence electrons. The number of hydrogen-bond acceptors (Lipinski definition) is 7. The topological polar surface area (TPSA) is 102 Å². The van der Waals surface area contributed by atoms with Crippen molar-refractivity contribution in [2.45, 2.75) is 13.0 Å². The molecule has 1 aromatic heterocycles. The summed E-state index contributed by atoms with van der Waals surface area (Å²) in [7, 11) is 2.93. The van der Waals surface area contributed by atoms with Crippen LogP contribution in [0.2, 0.25) is 5.02 Å². The van der Waals surface area contributed by atoms with Crippen LogP contribution in [0, 0.1) is 6.92 Å². The van der Waals surface area contributed by atoms with E-state index in [1.165, 1.54) is 25.2 Å². The number of benzene rings is 2. The Morgan fingerprint density at radius 1 is 1.12 bits per heavy atom. The van der Waals surface area contributed by atoms with Gasteiger partial charge in [0.25, 0.3) is 5.78 Å². The molecule has 1 amide bonds. The second-order valence-corrected chi connectivity index (χ2v) is 7.49. The molecule has 1 fully saturated rings. The summed E-state index contributed by atoms with van der Waals surface area (Å²) in [4.78, 5) is 27.4. The Bertz CT molecular complexity index is 1230. The van der Waals surface area contributed by atoms with Crippen LogP contribution in [0.5, 0.6) is 11.5 Å². The number of methoxy groups -OCH3 is 2. The number of para-hydroxylation sites is 1. The molecule has 0 saturated carbocycles. The van der Waals surface area contributed by atoms with Crippen LogP contribution < -0.4 is 14.4 Å². The SMILES string of the molecule is COc1cccc(C2C(=C(O)c3ccc(Cl)cc3)C(=O)C(=O)N2c2cc(C)on2)c1OC. The molecule has 2 aromatic carbocycles. The summed E-state index contributed by atoms with van der Waals surface area (Å²) >= 11 is 5.95. The van der Waals surface area contributed by atoms with Gasteiger partial charge in [-0.15, -0.1) is 0 Å². The smallest absolute Gasteiger partial charge is 0.301 e. The number of ether oxygens (including phenoxy) is 2. The number of aryl methyl sites for hydroxylation is 1. The van der Waals surface area contributed by atoms with Crippen LogP contribution in [0.3, 0.4) is 0 Å². The number of aliphatic hydroxyl groups excluding tert-OH is 1. The van der Waals surface area contributed by atoms with Crippen LogP contribution in [0.15, 0.2) is 58.6 Å². The molecule has 0 aliphatic carbocycles. The van der Waals surface area contributed by atoms with Gasteiger partial charge in [0, 0.05) is 22.2 Å². The minimum atomic E-state index is -1.04. The van der Waals surface area contributed by atoms with E-state index < -0.39 is 17.7 Å². The first-order valence-electron chi connectivity index (χ1n) is 9.58. The van der Waals surface area contributed by atoms with E-state index in [9.17, 15) is 14.7 Å². The van der Waals surface area contributed by atoms with E-state index in [0.717, 1.165) is 0 Å². The normalized spacial score (nSPS) is 17.6. The van der Waals surface area contributed by atoms with Crippen LogP contribution in [-0.2, 0) is 9.59 Å². The first-order valence-corrected chi connectivity index (χ1v) is 9.96. The van der Waals surface area contributed by atoms with E-state index in [-0.39, 0.29) is 17.2 Å². The zero-order chi connectivity index (χ0) is 23.0. The number of carbonyl (C=O) groups is 2. The van der Waals surface area contributed by atoms with Crippen molar-refractivity contribution in [1.29, 1.82) is 0 Å². The van der Waals surface area contributed by atoms with E-state index in [1.54, 1.807) is 49.4 Å². The van der Waals surface area contributed by atoms with Crippen molar-refractivity contribution in [2.75, 3.05) is 19.1 Å². The van der Waals surface area contributed by atoms with Crippen molar-refractivity contribution >= 4 is 34.9 Å². The first kappa shape index (κ1) is 21.5. The number of aliphatic hydroxyl groups is 1. The summed E-state index contributed by atoms with van der Waals surface area (Å²) in [5.74, 6) is -0.771. The van der Waals surface area contributed by atoms with Crippen LogP contribution in [0.4, 0.5) is 5.82 Å². The lowest BCUT2D eigenvalue weighted by Gasteiger charge is -2.25. The second-order valence-electron chi connectivity index (χ2n) is 7.05. The lowest BCUT2D eigenvalue weighted by Crippen LogP contribution is -2.30. The average molecular weight is 455 g/mol. The van der Waals surface area contributed by atoms with Gasteiger partial charge in [-0.05, 0) is 37.3 Å². The van der Waals surface area contributed by atoms with E-state index >= 15 is 0 Å². The molecule has 1 saturated heterocycles. The highest BCUT2D eigenvalue weighted by molar-refractivity contribution is 6.51. The van der Waals surface area contributed by atoms with Crippen LogP contribution >= 0.6 is 11.6 Å². The number of Topliss-reactive ketones (excluding diaryl/α,β-unsaturated/α-hetero) is 1. The van der Waals surface area contributed by atoms with Gasteiger partial charge in [-0.2, -0.15) is 0 Å². The fraction of sp³-hybridized carbons (Fsp3) is 0.174. The largest absolute Gasteiger partial charge is 0.507 e. The molecular weight excluding hydrogens is 436 g/mol. The number of carbonyl (C=O) groups excluding carboxylic acids is 2. The Balaban J connectivity index is 2.01. The number of amides is 1. The third kappa shape index (κ3) is 3.48. The Morgan fingerprint density at radius 3 is 2.44 bits per heavy atom. The minimum Gasteiger partial charge on any atom is -0.507 e. The summed E-state index contributed by atoms with van der Waals surface area (Å²) in [5.41, 5.74) is 0.641. The first-order chi connectivity index (χ1) is 15.4. The fourth-order valence-corrected chi connectivity index (χ4v) is 3.85. The number of ketones is 1. The van der Waals surface area contributed by atoms with Gasteiger partial charge in [0.2, 0.25) is 0 Å². The number of anilines is 1. The van der Waals surface area contributed by atoms with Gasteiger partial charge < -0.3 is 19.1 Å². The molecule has 1 N–H and O–H groups in total. The van der Waals surface area contributed by atoms with Crippen molar-refractivity contribution in [1.82, 2.24) is 5.16 Å². The highest BCUT2D eigenvalue weighted by atomic mass is 35.5. The van der Waals surface area contributed by atoms with Crippen molar-refractivity contribution < 1.29 is 28.7 Å². The Morgan fingerprint density at radius 2 is 1.84 bits per heavy atom. The minimum absolute atomic E-state index is 0.121. The van der Waals surface area contributed by atoms with Crippen LogP contribution in [0.25, 0.3) is 5.76 Å². The monoisotopic (exact) mass is 454 g/mol. The molecule has 8 nitrogen and oxygen atoms in total. The quantitative estimate of drug-likeness (QED) is 0.348. The maximum atomic E-state index is 13.1.